The summed E-state index contributed by atoms with van der Waals surface area (Å²) in [5, 5.41) is 3.02. The maximum absolute atomic E-state index is 12.9. The minimum absolute atomic E-state index is 0.0136. The molecule has 0 aromatic heterocycles. The van der Waals surface area contributed by atoms with Crippen LogP contribution in [0.3, 0.4) is 0 Å². The van der Waals surface area contributed by atoms with Gasteiger partial charge in [0.1, 0.15) is 5.82 Å². The van der Waals surface area contributed by atoms with Crippen LogP contribution in [0.4, 0.5) is 10.1 Å². The van der Waals surface area contributed by atoms with Gasteiger partial charge in [0.25, 0.3) is 0 Å². The molecule has 4 aliphatic rings. The highest BCUT2D eigenvalue weighted by molar-refractivity contribution is 7.99. The van der Waals surface area contributed by atoms with Gasteiger partial charge in [-0.25, -0.2) is 4.39 Å². The zero-order valence-electron chi connectivity index (χ0n) is 16.7. The van der Waals surface area contributed by atoms with Gasteiger partial charge < -0.3 is 5.32 Å². The molecule has 2 aromatic carbocycles. The highest BCUT2D eigenvalue weighted by Crippen LogP contribution is 2.60. The molecule has 0 saturated heterocycles. The van der Waals surface area contributed by atoms with Gasteiger partial charge in [0, 0.05) is 11.4 Å². The number of halogens is 1. The summed E-state index contributed by atoms with van der Waals surface area (Å²) in [5.41, 5.74) is 3.80. The van der Waals surface area contributed by atoms with Crippen molar-refractivity contribution in [2.75, 3.05) is 11.1 Å². The number of hydrogen-bond donors (Lipinski definition) is 1. The van der Waals surface area contributed by atoms with Gasteiger partial charge in [-0.3, -0.25) is 4.79 Å². The zero-order chi connectivity index (χ0) is 19.8. The van der Waals surface area contributed by atoms with Crippen molar-refractivity contribution in [1.29, 1.82) is 0 Å². The van der Waals surface area contributed by atoms with Crippen LogP contribution in [0.5, 0.6) is 0 Å². The monoisotopic (exact) mass is 409 g/mol. The van der Waals surface area contributed by atoms with E-state index in [2.05, 4.69) is 29.6 Å². The van der Waals surface area contributed by atoms with Crippen molar-refractivity contribution in [3.8, 4) is 0 Å². The average molecular weight is 410 g/mol. The second-order valence-corrected chi connectivity index (χ2v) is 10.4. The number of carbonyl (C=O) groups is 1. The van der Waals surface area contributed by atoms with Gasteiger partial charge in [-0.05, 0) is 97.1 Å². The molecule has 0 atom stereocenters. The molecule has 4 fully saturated rings. The van der Waals surface area contributed by atoms with Gasteiger partial charge in [0.05, 0.1) is 5.75 Å². The summed E-state index contributed by atoms with van der Waals surface area (Å²) >= 11 is 1.55. The molecule has 4 heteroatoms. The highest BCUT2D eigenvalue weighted by atomic mass is 32.2. The fourth-order valence-corrected chi connectivity index (χ4v) is 7.20. The molecule has 4 aliphatic carbocycles. The third kappa shape index (κ3) is 4.09. The Hall–Kier alpha value is -1.81. The van der Waals surface area contributed by atoms with E-state index < -0.39 is 0 Å². The molecule has 2 aromatic rings. The molecule has 0 unspecified atom stereocenters. The second-order valence-electron chi connectivity index (χ2n) is 9.44. The minimum atomic E-state index is -0.228. The van der Waals surface area contributed by atoms with Crippen molar-refractivity contribution < 1.29 is 9.18 Å². The Morgan fingerprint density at radius 2 is 1.52 bits per heavy atom. The Labute approximate surface area is 176 Å². The van der Waals surface area contributed by atoms with Crippen molar-refractivity contribution in [3.63, 3.8) is 0 Å². The third-order valence-electron chi connectivity index (χ3n) is 7.23. The van der Waals surface area contributed by atoms with Crippen LogP contribution in [0.2, 0.25) is 0 Å². The van der Waals surface area contributed by atoms with Crippen LogP contribution in [0.1, 0.15) is 49.7 Å². The number of hydrogen-bond acceptors (Lipinski definition) is 2. The number of anilines is 1. The number of benzene rings is 2. The molecule has 1 amide bonds. The maximum Gasteiger partial charge on any atom is 0.234 e. The van der Waals surface area contributed by atoms with E-state index in [1.165, 1.54) is 56.2 Å². The number of nitrogens with one attached hydrogen (secondary N) is 1. The molecule has 4 saturated carbocycles. The lowest BCUT2D eigenvalue weighted by Crippen LogP contribution is -2.48. The van der Waals surface area contributed by atoms with Crippen molar-refractivity contribution >= 4 is 23.4 Å². The fourth-order valence-electron chi connectivity index (χ4n) is 6.41. The van der Waals surface area contributed by atoms with Crippen LogP contribution in [0.15, 0.2) is 48.5 Å². The molecule has 0 radical (unpaired) electrons. The van der Waals surface area contributed by atoms with Gasteiger partial charge in [-0.2, -0.15) is 0 Å². The summed E-state index contributed by atoms with van der Waals surface area (Å²) in [6.07, 6.45) is 8.48. The van der Waals surface area contributed by atoms with Gasteiger partial charge in [0.2, 0.25) is 5.91 Å². The smallest absolute Gasteiger partial charge is 0.234 e. The van der Waals surface area contributed by atoms with Crippen LogP contribution >= 0.6 is 11.8 Å². The normalized spacial score (nSPS) is 29.8. The van der Waals surface area contributed by atoms with Crippen molar-refractivity contribution in [1.82, 2.24) is 0 Å². The van der Waals surface area contributed by atoms with Crippen LogP contribution in [-0.2, 0) is 16.0 Å². The molecule has 29 heavy (non-hydrogen) atoms. The first-order valence-corrected chi connectivity index (χ1v) is 12.0. The molecule has 0 aliphatic heterocycles. The average Bonchev–Trinajstić information content (AvgIpc) is 2.69. The van der Waals surface area contributed by atoms with E-state index in [1.54, 1.807) is 23.9 Å². The lowest BCUT2D eigenvalue weighted by molar-refractivity contribution is -0.113. The topological polar surface area (TPSA) is 29.1 Å². The van der Waals surface area contributed by atoms with Gasteiger partial charge in [-0.1, -0.05) is 24.3 Å². The Morgan fingerprint density at radius 1 is 0.931 bits per heavy atom. The third-order valence-corrected chi connectivity index (χ3v) is 8.24. The first-order chi connectivity index (χ1) is 14.1. The van der Waals surface area contributed by atoms with Crippen molar-refractivity contribution in [3.05, 3.63) is 65.5 Å². The Balaban J connectivity index is 1.16. The largest absolute Gasteiger partial charge is 0.325 e. The fraction of sp³-hybridized carbons (Fsp3) is 0.480. The first kappa shape index (κ1) is 19.2. The lowest BCUT2D eigenvalue weighted by Gasteiger charge is -2.57. The SMILES string of the molecule is O=C(CSCc1ccc(F)cc1)Nc1ccc(C23CC4CC(CC(C4)C2)C3)cc1. The van der Waals surface area contributed by atoms with E-state index in [9.17, 15) is 9.18 Å². The second kappa shape index (κ2) is 7.79. The zero-order valence-corrected chi connectivity index (χ0v) is 17.5. The van der Waals surface area contributed by atoms with Gasteiger partial charge >= 0.3 is 0 Å². The Kier molecular flexibility index (Phi) is 5.15. The Morgan fingerprint density at radius 3 is 2.10 bits per heavy atom. The summed E-state index contributed by atoms with van der Waals surface area (Å²) in [7, 11) is 0. The molecule has 6 rings (SSSR count). The van der Waals surface area contributed by atoms with Crippen molar-refractivity contribution in [2.24, 2.45) is 17.8 Å². The van der Waals surface area contributed by atoms with Crippen LogP contribution in [0, 0.1) is 23.6 Å². The lowest BCUT2D eigenvalue weighted by atomic mass is 9.48. The summed E-state index contributed by atoms with van der Waals surface area (Å²) in [5.74, 6) is 3.72. The predicted molar refractivity (Wildman–Crippen MR) is 117 cm³/mol. The summed E-state index contributed by atoms with van der Waals surface area (Å²) in [6, 6.07) is 15.1. The molecule has 1 N–H and O–H groups in total. The van der Waals surface area contributed by atoms with Crippen LogP contribution in [-0.4, -0.2) is 11.7 Å². The highest BCUT2D eigenvalue weighted by Gasteiger charge is 2.51. The van der Waals surface area contributed by atoms with E-state index in [0.717, 1.165) is 29.0 Å². The van der Waals surface area contributed by atoms with E-state index in [-0.39, 0.29) is 11.7 Å². The molecular weight excluding hydrogens is 381 g/mol. The summed E-state index contributed by atoms with van der Waals surface area (Å²) in [4.78, 5) is 12.3. The number of carbonyl (C=O) groups excluding carboxylic acids is 1. The molecule has 0 heterocycles. The van der Waals surface area contributed by atoms with E-state index in [4.69, 9.17) is 0 Å². The van der Waals surface area contributed by atoms with Crippen LogP contribution < -0.4 is 5.32 Å². The molecular formula is C25H28FNOS. The Bertz CT molecular complexity index is 841. The van der Waals surface area contributed by atoms with Crippen molar-refractivity contribution in [2.45, 2.75) is 49.7 Å². The molecule has 152 valence electrons. The number of rotatable bonds is 6. The standard InChI is InChI=1S/C25H28FNOS/c26-22-5-1-17(2-6-22)15-29-16-24(28)27-23-7-3-21(4-8-23)25-12-18-9-19(13-25)11-20(10-18)14-25/h1-8,18-20H,9-16H2,(H,27,28). The minimum Gasteiger partial charge on any atom is -0.325 e. The maximum atomic E-state index is 12.9. The molecule has 4 bridgehead atoms. The number of amides is 1. The predicted octanol–water partition coefficient (Wildman–Crippen LogP) is 6.17. The van der Waals surface area contributed by atoms with Gasteiger partial charge in [0.15, 0.2) is 0 Å². The van der Waals surface area contributed by atoms with Crippen LogP contribution in [0.25, 0.3) is 0 Å². The summed E-state index contributed by atoms with van der Waals surface area (Å²) in [6.45, 7) is 0. The van der Waals surface area contributed by atoms with E-state index in [0.29, 0.717) is 16.9 Å². The van der Waals surface area contributed by atoms with E-state index >= 15 is 0 Å². The first-order valence-electron chi connectivity index (χ1n) is 10.8. The van der Waals surface area contributed by atoms with E-state index in [1.807, 2.05) is 0 Å². The molecule has 0 spiro atoms. The summed E-state index contributed by atoms with van der Waals surface area (Å²) < 4.78 is 12.9. The quantitative estimate of drug-likeness (QED) is 0.618. The number of thioether (sulfide) groups is 1. The van der Waals surface area contributed by atoms with Gasteiger partial charge in [-0.15, -0.1) is 11.8 Å². The molecule has 2 nitrogen and oxygen atoms in total.